The van der Waals surface area contributed by atoms with Gasteiger partial charge in [0.15, 0.2) is 0 Å². The van der Waals surface area contributed by atoms with Gasteiger partial charge in [0.2, 0.25) is 0 Å². The third-order valence-electron chi connectivity index (χ3n) is 2.81. The van der Waals surface area contributed by atoms with Crippen LogP contribution >= 0.6 is 0 Å². The quantitative estimate of drug-likeness (QED) is 0.793. The third kappa shape index (κ3) is 2.45. The van der Waals surface area contributed by atoms with Gasteiger partial charge < -0.3 is 4.57 Å². The second kappa shape index (κ2) is 5.31. The highest BCUT2D eigenvalue weighted by Crippen LogP contribution is 2.04. The largest absolute Gasteiger partial charge is 0.331 e. The van der Waals surface area contributed by atoms with Crippen molar-refractivity contribution in [3.8, 4) is 6.07 Å². The van der Waals surface area contributed by atoms with Gasteiger partial charge in [-0.3, -0.25) is 9.36 Å². The molecular formula is C13H12N4O2. The van der Waals surface area contributed by atoms with E-state index in [1.54, 1.807) is 12.1 Å². The van der Waals surface area contributed by atoms with Crippen molar-refractivity contribution in [2.45, 2.75) is 20.0 Å². The van der Waals surface area contributed by atoms with E-state index in [1.807, 2.05) is 13.0 Å². The molecule has 0 aromatic carbocycles. The van der Waals surface area contributed by atoms with E-state index in [4.69, 9.17) is 5.26 Å². The summed E-state index contributed by atoms with van der Waals surface area (Å²) in [5.41, 5.74) is 0.00365. The maximum atomic E-state index is 12.0. The van der Waals surface area contributed by atoms with Crippen LogP contribution in [-0.2, 0) is 13.1 Å². The Hall–Kier alpha value is -2.68. The third-order valence-corrected chi connectivity index (χ3v) is 2.81. The fourth-order valence-electron chi connectivity index (χ4n) is 1.78. The van der Waals surface area contributed by atoms with Crippen LogP contribution in [0.4, 0.5) is 0 Å². The molecule has 6 heteroatoms. The van der Waals surface area contributed by atoms with E-state index in [2.05, 4.69) is 4.98 Å². The summed E-state index contributed by atoms with van der Waals surface area (Å²) >= 11 is 0. The summed E-state index contributed by atoms with van der Waals surface area (Å²) < 4.78 is 2.53. The van der Waals surface area contributed by atoms with Crippen LogP contribution in [0, 0.1) is 11.3 Å². The SMILES string of the molecule is CCn1ccc(=O)n(Cc2cccnc2C#N)c1=O. The van der Waals surface area contributed by atoms with Crippen molar-refractivity contribution >= 4 is 0 Å². The van der Waals surface area contributed by atoms with Crippen LogP contribution in [-0.4, -0.2) is 14.1 Å². The number of nitrogens with zero attached hydrogens (tertiary/aromatic N) is 4. The molecule has 2 heterocycles. The van der Waals surface area contributed by atoms with Gasteiger partial charge in [-0.15, -0.1) is 0 Å². The number of aryl methyl sites for hydroxylation is 1. The zero-order valence-electron chi connectivity index (χ0n) is 10.4. The molecule has 2 rings (SSSR count). The average molecular weight is 256 g/mol. The van der Waals surface area contributed by atoms with Crippen molar-refractivity contribution in [1.82, 2.24) is 14.1 Å². The second-order valence-corrected chi connectivity index (χ2v) is 3.93. The molecule has 0 spiro atoms. The highest BCUT2D eigenvalue weighted by atomic mass is 16.2. The predicted octanol–water partition coefficient (Wildman–Crippen LogP) is 0.345. The van der Waals surface area contributed by atoms with E-state index in [1.165, 1.54) is 23.0 Å². The van der Waals surface area contributed by atoms with Crippen molar-refractivity contribution in [3.63, 3.8) is 0 Å². The van der Waals surface area contributed by atoms with Crippen LogP contribution < -0.4 is 11.2 Å². The van der Waals surface area contributed by atoms with Crippen molar-refractivity contribution in [2.75, 3.05) is 0 Å². The molecule has 0 radical (unpaired) electrons. The standard InChI is InChI=1S/C13H12N4O2/c1-2-16-7-5-12(18)17(13(16)19)9-10-4-3-6-15-11(10)8-14/h3-7H,2,9H2,1H3. The van der Waals surface area contributed by atoms with Gasteiger partial charge in [0, 0.05) is 30.6 Å². The first kappa shape index (κ1) is 12.8. The zero-order chi connectivity index (χ0) is 13.8. The molecule has 0 aliphatic heterocycles. The number of nitriles is 1. The molecule has 0 bridgehead atoms. The molecule has 0 atom stereocenters. The van der Waals surface area contributed by atoms with Gasteiger partial charge in [-0.05, 0) is 13.0 Å². The Morgan fingerprint density at radius 3 is 2.84 bits per heavy atom. The fourth-order valence-corrected chi connectivity index (χ4v) is 1.78. The first-order chi connectivity index (χ1) is 9.17. The fraction of sp³-hybridized carbons (Fsp3) is 0.231. The Morgan fingerprint density at radius 1 is 1.37 bits per heavy atom. The van der Waals surface area contributed by atoms with E-state index < -0.39 is 0 Å². The molecule has 0 aliphatic rings. The normalized spacial score (nSPS) is 10.1. The molecule has 0 fully saturated rings. The van der Waals surface area contributed by atoms with Gasteiger partial charge in [-0.2, -0.15) is 5.26 Å². The molecule has 0 saturated heterocycles. The number of hydrogen-bond donors (Lipinski definition) is 0. The molecule has 0 amide bonds. The van der Waals surface area contributed by atoms with Crippen LogP contribution in [0.5, 0.6) is 0 Å². The Bertz CT molecular complexity index is 752. The lowest BCUT2D eigenvalue weighted by Gasteiger charge is -2.08. The summed E-state index contributed by atoms with van der Waals surface area (Å²) in [6, 6.07) is 6.64. The van der Waals surface area contributed by atoms with E-state index in [9.17, 15) is 9.59 Å². The van der Waals surface area contributed by atoms with Gasteiger partial charge >= 0.3 is 5.69 Å². The Kier molecular flexibility index (Phi) is 3.57. The van der Waals surface area contributed by atoms with E-state index in [0.717, 1.165) is 4.57 Å². The maximum absolute atomic E-state index is 12.0. The number of rotatable bonds is 3. The van der Waals surface area contributed by atoms with Gasteiger partial charge in [-0.1, -0.05) is 6.07 Å². The van der Waals surface area contributed by atoms with Gasteiger partial charge in [0.25, 0.3) is 5.56 Å². The van der Waals surface area contributed by atoms with Gasteiger partial charge in [-0.25, -0.2) is 9.78 Å². The molecular weight excluding hydrogens is 244 g/mol. The molecule has 0 N–H and O–H groups in total. The smallest absolute Gasteiger partial charge is 0.301 e. The predicted molar refractivity (Wildman–Crippen MR) is 68.7 cm³/mol. The summed E-state index contributed by atoms with van der Waals surface area (Å²) in [7, 11) is 0. The lowest BCUT2D eigenvalue weighted by Crippen LogP contribution is -2.39. The first-order valence-corrected chi connectivity index (χ1v) is 5.81. The minimum absolute atomic E-state index is 0.0508. The minimum Gasteiger partial charge on any atom is -0.301 e. The molecule has 2 aromatic heterocycles. The van der Waals surface area contributed by atoms with Crippen LogP contribution in [0.15, 0.2) is 40.2 Å². The summed E-state index contributed by atoms with van der Waals surface area (Å²) in [5, 5.41) is 8.95. The Morgan fingerprint density at radius 2 is 2.16 bits per heavy atom. The summed E-state index contributed by atoms with van der Waals surface area (Å²) in [6.07, 6.45) is 2.97. The summed E-state index contributed by atoms with van der Waals surface area (Å²) in [5.74, 6) is 0. The topological polar surface area (TPSA) is 80.7 Å². The number of hydrogen-bond acceptors (Lipinski definition) is 4. The van der Waals surface area contributed by atoms with Crippen molar-refractivity contribution in [3.05, 3.63) is 62.7 Å². The van der Waals surface area contributed by atoms with E-state index in [0.29, 0.717) is 12.1 Å². The molecule has 6 nitrogen and oxygen atoms in total. The highest BCUT2D eigenvalue weighted by Gasteiger charge is 2.08. The molecule has 0 unspecified atom stereocenters. The summed E-state index contributed by atoms with van der Waals surface area (Å²) in [4.78, 5) is 27.7. The van der Waals surface area contributed by atoms with Crippen LogP contribution in [0.3, 0.4) is 0 Å². The first-order valence-electron chi connectivity index (χ1n) is 5.81. The minimum atomic E-state index is -0.387. The number of aromatic nitrogens is 3. The van der Waals surface area contributed by atoms with Crippen LogP contribution in [0.25, 0.3) is 0 Å². The van der Waals surface area contributed by atoms with Gasteiger partial charge in [0.1, 0.15) is 11.8 Å². The second-order valence-electron chi connectivity index (χ2n) is 3.93. The zero-order valence-corrected chi connectivity index (χ0v) is 10.4. The lowest BCUT2D eigenvalue weighted by atomic mass is 10.2. The van der Waals surface area contributed by atoms with Crippen molar-refractivity contribution < 1.29 is 0 Å². The Balaban J connectivity index is 2.53. The Labute approximate surface area is 109 Å². The lowest BCUT2D eigenvalue weighted by molar-refractivity contribution is 0.599. The summed E-state index contributed by atoms with van der Waals surface area (Å²) in [6.45, 7) is 2.35. The van der Waals surface area contributed by atoms with Crippen molar-refractivity contribution in [2.24, 2.45) is 0 Å². The van der Waals surface area contributed by atoms with Crippen LogP contribution in [0.1, 0.15) is 18.2 Å². The average Bonchev–Trinajstić information content (AvgIpc) is 2.44. The van der Waals surface area contributed by atoms with Crippen LogP contribution in [0.2, 0.25) is 0 Å². The molecule has 2 aromatic rings. The number of pyridine rings is 1. The molecule has 0 saturated carbocycles. The highest BCUT2D eigenvalue weighted by molar-refractivity contribution is 5.30. The van der Waals surface area contributed by atoms with Gasteiger partial charge in [0.05, 0.1) is 6.54 Å². The molecule has 96 valence electrons. The van der Waals surface area contributed by atoms with Crippen molar-refractivity contribution in [1.29, 1.82) is 5.26 Å². The van der Waals surface area contributed by atoms with E-state index >= 15 is 0 Å². The molecule has 19 heavy (non-hydrogen) atoms. The monoisotopic (exact) mass is 256 g/mol. The maximum Gasteiger partial charge on any atom is 0.331 e. The molecule has 0 aliphatic carbocycles. The van der Waals surface area contributed by atoms with E-state index in [-0.39, 0.29) is 23.5 Å².